The molecule has 0 aliphatic heterocycles. The number of rotatable bonds is 0. The first kappa shape index (κ1) is 7.50. The van der Waals surface area contributed by atoms with Crippen molar-refractivity contribution in [2.24, 2.45) is 0 Å². The third kappa shape index (κ3) is 1.27. The van der Waals surface area contributed by atoms with E-state index in [0.29, 0.717) is 5.56 Å². The number of anilines is 1. The molecule has 2 N–H and O–H groups in total. The fourth-order valence-electron chi connectivity index (χ4n) is 1.12. The van der Waals surface area contributed by atoms with E-state index < -0.39 is 0 Å². The number of benzene rings is 1. The molecule has 0 unspecified atom stereocenters. The topological polar surface area (TPSA) is 75.6 Å². The van der Waals surface area contributed by atoms with Crippen LogP contribution in [-0.4, -0.2) is 9.97 Å². The van der Waals surface area contributed by atoms with Crippen LogP contribution < -0.4 is 5.73 Å². The number of nitrogens with zero attached hydrogens (tertiary/aromatic N) is 3. The normalized spacial score (nSPS) is 9.77. The Morgan fingerprint density at radius 2 is 2.23 bits per heavy atom. The molecule has 2 rings (SSSR count). The van der Waals surface area contributed by atoms with E-state index in [0.717, 1.165) is 10.9 Å². The quantitative estimate of drug-likeness (QED) is 0.641. The standard InChI is InChI=1S/C9H6N4/c10-4-6-1-2-8-7(3-6)5-12-9(11)13-8/h1-3,5H,(H2,11,12,13). The van der Waals surface area contributed by atoms with Crippen LogP contribution in [0.4, 0.5) is 5.95 Å². The molecule has 4 heteroatoms. The van der Waals surface area contributed by atoms with Crippen molar-refractivity contribution in [3.05, 3.63) is 30.0 Å². The minimum Gasteiger partial charge on any atom is -0.368 e. The van der Waals surface area contributed by atoms with E-state index >= 15 is 0 Å². The van der Waals surface area contributed by atoms with Gasteiger partial charge in [0.2, 0.25) is 5.95 Å². The van der Waals surface area contributed by atoms with Crippen LogP contribution in [0.2, 0.25) is 0 Å². The molecule has 0 saturated heterocycles. The highest BCUT2D eigenvalue weighted by Gasteiger charge is 1.97. The molecule has 0 atom stereocenters. The summed E-state index contributed by atoms with van der Waals surface area (Å²) in [5, 5.41) is 9.46. The molecule has 0 bridgehead atoms. The second kappa shape index (κ2) is 2.72. The molecule has 0 aliphatic rings. The minimum atomic E-state index is 0.247. The molecule has 1 aromatic heterocycles. The average Bonchev–Trinajstić information content (AvgIpc) is 2.17. The molecule has 2 aromatic rings. The lowest BCUT2D eigenvalue weighted by molar-refractivity contribution is 1.24. The van der Waals surface area contributed by atoms with E-state index in [9.17, 15) is 0 Å². The third-order valence-corrected chi connectivity index (χ3v) is 1.73. The van der Waals surface area contributed by atoms with Crippen molar-refractivity contribution < 1.29 is 0 Å². The lowest BCUT2D eigenvalue weighted by atomic mass is 10.2. The smallest absolute Gasteiger partial charge is 0.220 e. The van der Waals surface area contributed by atoms with E-state index in [-0.39, 0.29) is 5.95 Å². The summed E-state index contributed by atoms with van der Waals surface area (Å²) in [5.74, 6) is 0.247. The van der Waals surface area contributed by atoms with Gasteiger partial charge in [0, 0.05) is 11.6 Å². The van der Waals surface area contributed by atoms with Gasteiger partial charge in [0.1, 0.15) is 0 Å². The van der Waals surface area contributed by atoms with Gasteiger partial charge in [0.25, 0.3) is 0 Å². The molecule has 62 valence electrons. The predicted octanol–water partition coefficient (Wildman–Crippen LogP) is 1.08. The summed E-state index contributed by atoms with van der Waals surface area (Å²) in [7, 11) is 0. The van der Waals surface area contributed by atoms with Gasteiger partial charge in [-0.3, -0.25) is 0 Å². The van der Waals surface area contributed by atoms with Crippen molar-refractivity contribution >= 4 is 16.9 Å². The number of fused-ring (bicyclic) bond motifs is 1. The highest BCUT2D eigenvalue weighted by molar-refractivity contribution is 5.79. The number of hydrogen-bond donors (Lipinski definition) is 1. The molecule has 0 saturated carbocycles. The maximum Gasteiger partial charge on any atom is 0.220 e. The lowest BCUT2D eigenvalue weighted by Gasteiger charge is -1.97. The molecule has 13 heavy (non-hydrogen) atoms. The molecule has 0 spiro atoms. The van der Waals surface area contributed by atoms with Crippen molar-refractivity contribution in [3.63, 3.8) is 0 Å². The number of nitrogens with two attached hydrogens (primary N) is 1. The third-order valence-electron chi connectivity index (χ3n) is 1.73. The van der Waals surface area contributed by atoms with Crippen molar-refractivity contribution in [2.75, 3.05) is 5.73 Å². The zero-order valence-corrected chi connectivity index (χ0v) is 6.73. The Hall–Kier alpha value is -2.15. The first-order valence-electron chi connectivity index (χ1n) is 3.72. The fraction of sp³-hybridized carbons (Fsp3) is 0. The van der Waals surface area contributed by atoms with Gasteiger partial charge in [-0.25, -0.2) is 9.97 Å². The Kier molecular flexibility index (Phi) is 1.57. The largest absolute Gasteiger partial charge is 0.368 e. The first-order chi connectivity index (χ1) is 6.29. The Balaban J connectivity index is 2.75. The maximum atomic E-state index is 8.64. The number of nitriles is 1. The Morgan fingerprint density at radius 3 is 3.00 bits per heavy atom. The van der Waals surface area contributed by atoms with Crippen LogP contribution in [0.25, 0.3) is 10.9 Å². The van der Waals surface area contributed by atoms with E-state index in [1.165, 1.54) is 0 Å². The summed E-state index contributed by atoms with van der Waals surface area (Å²) in [6.07, 6.45) is 1.61. The Labute approximate surface area is 74.6 Å². The Morgan fingerprint density at radius 1 is 1.38 bits per heavy atom. The molecular formula is C9H6N4. The monoisotopic (exact) mass is 170 g/mol. The zero-order valence-electron chi connectivity index (χ0n) is 6.73. The Bertz CT molecular complexity index is 498. The molecule has 0 aliphatic carbocycles. The van der Waals surface area contributed by atoms with E-state index in [1.807, 2.05) is 6.07 Å². The van der Waals surface area contributed by atoms with Gasteiger partial charge >= 0.3 is 0 Å². The lowest BCUT2D eigenvalue weighted by Crippen LogP contribution is -1.93. The molecule has 4 nitrogen and oxygen atoms in total. The number of hydrogen-bond acceptors (Lipinski definition) is 4. The highest BCUT2D eigenvalue weighted by atomic mass is 15.0. The van der Waals surface area contributed by atoms with Gasteiger partial charge in [-0.15, -0.1) is 0 Å². The SMILES string of the molecule is N#Cc1ccc2nc(N)ncc2c1. The van der Waals surface area contributed by atoms with Crippen LogP contribution in [0.15, 0.2) is 24.4 Å². The van der Waals surface area contributed by atoms with Gasteiger partial charge in [-0.2, -0.15) is 5.26 Å². The second-order valence-corrected chi connectivity index (χ2v) is 2.61. The van der Waals surface area contributed by atoms with E-state index in [2.05, 4.69) is 9.97 Å². The van der Waals surface area contributed by atoms with Gasteiger partial charge in [0.15, 0.2) is 0 Å². The molecule has 0 fully saturated rings. The van der Waals surface area contributed by atoms with Gasteiger partial charge in [0.05, 0.1) is 17.1 Å². The second-order valence-electron chi connectivity index (χ2n) is 2.61. The maximum absolute atomic E-state index is 8.64. The average molecular weight is 170 g/mol. The van der Waals surface area contributed by atoms with Gasteiger partial charge in [-0.1, -0.05) is 0 Å². The van der Waals surface area contributed by atoms with Crippen LogP contribution in [0.3, 0.4) is 0 Å². The zero-order chi connectivity index (χ0) is 9.26. The first-order valence-corrected chi connectivity index (χ1v) is 3.72. The van der Waals surface area contributed by atoms with Gasteiger partial charge in [-0.05, 0) is 18.2 Å². The summed E-state index contributed by atoms with van der Waals surface area (Å²) < 4.78 is 0. The van der Waals surface area contributed by atoms with Crippen molar-refractivity contribution in [2.45, 2.75) is 0 Å². The van der Waals surface area contributed by atoms with Crippen LogP contribution in [0, 0.1) is 11.3 Å². The highest BCUT2D eigenvalue weighted by Crippen LogP contribution is 2.12. The minimum absolute atomic E-state index is 0.247. The van der Waals surface area contributed by atoms with E-state index in [1.54, 1.807) is 24.4 Å². The van der Waals surface area contributed by atoms with Crippen LogP contribution in [0.5, 0.6) is 0 Å². The molecular weight excluding hydrogens is 164 g/mol. The van der Waals surface area contributed by atoms with Gasteiger partial charge < -0.3 is 5.73 Å². The van der Waals surface area contributed by atoms with Crippen LogP contribution in [-0.2, 0) is 0 Å². The van der Waals surface area contributed by atoms with Crippen molar-refractivity contribution in [1.82, 2.24) is 9.97 Å². The summed E-state index contributed by atoms with van der Waals surface area (Å²) in [6.45, 7) is 0. The number of aromatic nitrogens is 2. The van der Waals surface area contributed by atoms with Crippen molar-refractivity contribution in [1.29, 1.82) is 5.26 Å². The molecule has 0 amide bonds. The van der Waals surface area contributed by atoms with Crippen LogP contribution >= 0.6 is 0 Å². The molecule has 1 heterocycles. The van der Waals surface area contributed by atoms with Crippen LogP contribution in [0.1, 0.15) is 5.56 Å². The summed E-state index contributed by atoms with van der Waals surface area (Å²) in [6, 6.07) is 7.24. The van der Waals surface area contributed by atoms with E-state index in [4.69, 9.17) is 11.0 Å². The molecule has 0 radical (unpaired) electrons. The summed E-state index contributed by atoms with van der Waals surface area (Å²) in [4.78, 5) is 7.85. The molecule has 1 aromatic carbocycles. The number of nitrogen functional groups attached to an aromatic ring is 1. The summed E-state index contributed by atoms with van der Waals surface area (Å²) in [5.41, 5.74) is 6.76. The predicted molar refractivity (Wildman–Crippen MR) is 48.7 cm³/mol. The fourth-order valence-corrected chi connectivity index (χ4v) is 1.12. The summed E-state index contributed by atoms with van der Waals surface area (Å²) >= 11 is 0. The van der Waals surface area contributed by atoms with Crippen molar-refractivity contribution in [3.8, 4) is 6.07 Å².